The number of aromatic nitrogens is 3. The molecule has 1 fully saturated rings. The molecular weight excluding hydrogens is 422 g/mol. The fraction of sp³-hybridized carbons (Fsp3) is 0.318. The van der Waals surface area contributed by atoms with Crippen molar-refractivity contribution in [3.8, 4) is 17.1 Å². The SMILES string of the molecule is C[C@H]1CN(C(=O)CSc2nnc(-c3ccccc3)n2-c2ccc(F)cc2F)C[C@H](C)O1. The molecule has 2 atom stereocenters. The number of hydrogen-bond acceptors (Lipinski definition) is 5. The van der Waals surface area contributed by atoms with Gasteiger partial charge < -0.3 is 9.64 Å². The smallest absolute Gasteiger partial charge is 0.233 e. The van der Waals surface area contributed by atoms with Crippen LogP contribution < -0.4 is 0 Å². The fourth-order valence-electron chi connectivity index (χ4n) is 3.62. The number of hydrogen-bond donors (Lipinski definition) is 0. The van der Waals surface area contributed by atoms with Gasteiger partial charge in [-0.1, -0.05) is 42.1 Å². The number of nitrogens with zero attached hydrogens (tertiary/aromatic N) is 4. The van der Waals surface area contributed by atoms with Crippen molar-refractivity contribution in [2.24, 2.45) is 0 Å². The van der Waals surface area contributed by atoms with Crippen LogP contribution in [0.1, 0.15) is 13.8 Å². The highest BCUT2D eigenvalue weighted by Gasteiger charge is 2.27. The van der Waals surface area contributed by atoms with Crippen molar-refractivity contribution in [3.63, 3.8) is 0 Å². The molecule has 0 bridgehead atoms. The molecular formula is C22H22F2N4O2S. The summed E-state index contributed by atoms with van der Waals surface area (Å²) in [4.78, 5) is 14.5. The summed E-state index contributed by atoms with van der Waals surface area (Å²) in [5, 5.41) is 8.78. The molecule has 6 nitrogen and oxygen atoms in total. The van der Waals surface area contributed by atoms with Crippen LogP contribution in [0.25, 0.3) is 17.1 Å². The van der Waals surface area contributed by atoms with Gasteiger partial charge in [0.25, 0.3) is 0 Å². The predicted octanol–water partition coefficient (Wildman–Crippen LogP) is 3.94. The monoisotopic (exact) mass is 444 g/mol. The van der Waals surface area contributed by atoms with Gasteiger partial charge in [-0.05, 0) is 26.0 Å². The Morgan fingerprint density at radius 2 is 1.81 bits per heavy atom. The molecule has 1 saturated heterocycles. The lowest BCUT2D eigenvalue weighted by Gasteiger charge is -2.35. The molecule has 0 radical (unpaired) electrons. The zero-order chi connectivity index (χ0) is 22.0. The largest absolute Gasteiger partial charge is 0.372 e. The van der Waals surface area contributed by atoms with E-state index in [1.54, 1.807) is 4.90 Å². The molecule has 4 rings (SSSR count). The molecule has 2 heterocycles. The van der Waals surface area contributed by atoms with Crippen LogP contribution in [0.2, 0.25) is 0 Å². The summed E-state index contributed by atoms with van der Waals surface area (Å²) in [6.45, 7) is 4.92. The molecule has 1 amide bonds. The number of thioether (sulfide) groups is 1. The van der Waals surface area contributed by atoms with Gasteiger partial charge in [0.1, 0.15) is 11.6 Å². The Morgan fingerprint density at radius 3 is 2.48 bits per heavy atom. The number of rotatable bonds is 5. The van der Waals surface area contributed by atoms with Gasteiger partial charge in [-0.2, -0.15) is 0 Å². The lowest BCUT2D eigenvalue weighted by atomic mass is 10.2. The highest BCUT2D eigenvalue weighted by molar-refractivity contribution is 7.99. The van der Waals surface area contributed by atoms with Gasteiger partial charge in [0.15, 0.2) is 11.0 Å². The van der Waals surface area contributed by atoms with Crippen LogP contribution in [0, 0.1) is 11.6 Å². The van der Waals surface area contributed by atoms with Crippen molar-refractivity contribution in [3.05, 3.63) is 60.2 Å². The summed E-state index contributed by atoms with van der Waals surface area (Å²) in [5.74, 6) is -0.927. The normalized spacial score (nSPS) is 18.9. The number of halogens is 2. The second-order valence-corrected chi connectivity index (χ2v) is 8.39. The Hall–Kier alpha value is -2.78. The van der Waals surface area contributed by atoms with Gasteiger partial charge in [0.2, 0.25) is 5.91 Å². The minimum absolute atomic E-state index is 0.0284. The Bertz CT molecular complexity index is 1070. The molecule has 0 saturated carbocycles. The van der Waals surface area contributed by atoms with E-state index < -0.39 is 11.6 Å². The van der Waals surface area contributed by atoms with E-state index in [0.717, 1.165) is 11.6 Å². The summed E-state index contributed by atoms with van der Waals surface area (Å²) in [5.41, 5.74) is 0.849. The van der Waals surface area contributed by atoms with E-state index in [-0.39, 0.29) is 29.6 Å². The first-order chi connectivity index (χ1) is 14.9. The van der Waals surface area contributed by atoms with Crippen molar-refractivity contribution < 1.29 is 18.3 Å². The van der Waals surface area contributed by atoms with Crippen molar-refractivity contribution in [2.45, 2.75) is 31.2 Å². The third-order valence-corrected chi connectivity index (χ3v) is 5.83. The predicted molar refractivity (Wildman–Crippen MR) is 114 cm³/mol. The summed E-state index contributed by atoms with van der Waals surface area (Å²) < 4.78 is 35.3. The highest BCUT2D eigenvalue weighted by Crippen LogP contribution is 2.29. The molecule has 0 spiro atoms. The van der Waals surface area contributed by atoms with Crippen LogP contribution in [-0.4, -0.2) is 56.6 Å². The van der Waals surface area contributed by atoms with Gasteiger partial charge in [0, 0.05) is 24.7 Å². The molecule has 162 valence electrons. The molecule has 0 aliphatic carbocycles. The van der Waals surface area contributed by atoms with Gasteiger partial charge >= 0.3 is 0 Å². The first-order valence-electron chi connectivity index (χ1n) is 9.94. The topological polar surface area (TPSA) is 60.2 Å². The zero-order valence-electron chi connectivity index (χ0n) is 17.2. The summed E-state index contributed by atoms with van der Waals surface area (Å²) in [6.07, 6.45) is -0.0568. The molecule has 1 aliphatic rings. The molecule has 3 aromatic rings. The number of carbonyl (C=O) groups excluding carboxylic acids is 1. The lowest BCUT2D eigenvalue weighted by molar-refractivity contribution is -0.140. The van der Waals surface area contributed by atoms with Crippen molar-refractivity contribution in [2.75, 3.05) is 18.8 Å². The summed E-state index contributed by atoms with van der Waals surface area (Å²) >= 11 is 1.17. The van der Waals surface area contributed by atoms with Gasteiger partial charge in [-0.15, -0.1) is 10.2 Å². The maximum Gasteiger partial charge on any atom is 0.233 e. The van der Waals surface area contributed by atoms with Crippen LogP contribution in [0.3, 0.4) is 0 Å². The first kappa shape index (κ1) is 21.5. The van der Waals surface area contributed by atoms with E-state index in [4.69, 9.17) is 4.74 Å². The molecule has 2 aromatic carbocycles. The Balaban J connectivity index is 1.63. The van der Waals surface area contributed by atoms with Gasteiger partial charge in [-0.25, -0.2) is 8.78 Å². The molecule has 1 aliphatic heterocycles. The van der Waals surface area contributed by atoms with Crippen molar-refractivity contribution in [1.29, 1.82) is 0 Å². The molecule has 9 heteroatoms. The van der Waals surface area contributed by atoms with E-state index >= 15 is 0 Å². The number of benzene rings is 2. The van der Waals surface area contributed by atoms with Gasteiger partial charge in [0.05, 0.1) is 23.6 Å². The molecule has 0 N–H and O–H groups in total. The summed E-state index contributed by atoms with van der Waals surface area (Å²) in [7, 11) is 0. The average Bonchev–Trinajstić information content (AvgIpc) is 3.15. The number of amides is 1. The third-order valence-electron chi connectivity index (χ3n) is 4.91. The van der Waals surface area contributed by atoms with Crippen LogP contribution in [0.4, 0.5) is 8.78 Å². The Labute approximate surface area is 183 Å². The Morgan fingerprint density at radius 1 is 1.10 bits per heavy atom. The quantitative estimate of drug-likeness (QED) is 0.558. The van der Waals surface area contributed by atoms with E-state index in [2.05, 4.69) is 10.2 Å². The van der Waals surface area contributed by atoms with E-state index in [1.165, 1.54) is 28.5 Å². The van der Waals surface area contributed by atoms with E-state index in [1.807, 2.05) is 44.2 Å². The number of ether oxygens (including phenoxy) is 1. The minimum atomic E-state index is -0.735. The third kappa shape index (κ3) is 4.77. The zero-order valence-corrected chi connectivity index (χ0v) is 18.0. The van der Waals surface area contributed by atoms with E-state index in [0.29, 0.717) is 24.1 Å². The second kappa shape index (κ2) is 9.15. The average molecular weight is 445 g/mol. The summed E-state index contributed by atoms with van der Waals surface area (Å²) in [6, 6.07) is 12.6. The maximum absolute atomic E-state index is 14.7. The van der Waals surface area contributed by atoms with Crippen LogP contribution in [0.15, 0.2) is 53.7 Å². The van der Waals surface area contributed by atoms with Crippen LogP contribution in [-0.2, 0) is 9.53 Å². The molecule has 31 heavy (non-hydrogen) atoms. The van der Waals surface area contributed by atoms with Crippen LogP contribution in [0.5, 0.6) is 0 Å². The number of morpholine rings is 1. The first-order valence-corrected chi connectivity index (χ1v) is 10.9. The van der Waals surface area contributed by atoms with Crippen molar-refractivity contribution in [1.82, 2.24) is 19.7 Å². The Kier molecular flexibility index (Phi) is 6.33. The second-order valence-electron chi connectivity index (χ2n) is 7.45. The standard InChI is InChI=1S/C22H22F2N4O2S/c1-14-11-27(12-15(2)30-14)20(29)13-31-22-26-25-21(16-6-4-3-5-7-16)28(22)19-9-8-17(23)10-18(19)24/h3-10,14-15H,11-13H2,1-2H3/t14-,15-/m0/s1. The van der Waals surface area contributed by atoms with Crippen LogP contribution >= 0.6 is 11.8 Å². The lowest BCUT2D eigenvalue weighted by Crippen LogP contribution is -2.48. The highest BCUT2D eigenvalue weighted by atomic mass is 32.2. The molecule has 0 unspecified atom stereocenters. The maximum atomic E-state index is 14.7. The minimum Gasteiger partial charge on any atom is -0.372 e. The molecule has 1 aromatic heterocycles. The van der Waals surface area contributed by atoms with Crippen molar-refractivity contribution >= 4 is 17.7 Å². The van der Waals surface area contributed by atoms with Gasteiger partial charge in [-0.3, -0.25) is 9.36 Å². The number of carbonyl (C=O) groups is 1. The van der Waals surface area contributed by atoms with E-state index in [9.17, 15) is 13.6 Å². The fourth-order valence-corrected chi connectivity index (χ4v) is 4.46.